The minimum Gasteiger partial charge on any atom is -0.400 e. The van der Waals surface area contributed by atoms with Gasteiger partial charge in [-0.3, -0.25) is 0 Å². The third-order valence-electron chi connectivity index (χ3n) is 1.30. The van der Waals surface area contributed by atoms with Crippen LogP contribution in [0.5, 0.6) is 0 Å². The molecule has 0 aromatic heterocycles. The third-order valence-corrected chi connectivity index (χ3v) is 2.03. The predicted molar refractivity (Wildman–Crippen MR) is 51.7 cm³/mol. The summed E-state index contributed by atoms with van der Waals surface area (Å²) in [6, 6.07) is 2.54. The maximum atomic E-state index is 12.9. The highest BCUT2D eigenvalue weighted by atomic mass is 79.9. The molecule has 5 heteroatoms. The molecule has 13 heavy (non-hydrogen) atoms. The highest BCUT2D eigenvalue weighted by molar-refractivity contribution is 9.10. The predicted octanol–water partition coefficient (Wildman–Crippen LogP) is 2.38. The number of anilines is 1. The number of hydrogen-bond donors (Lipinski definition) is 2. The molecule has 2 nitrogen and oxygen atoms in total. The van der Waals surface area contributed by atoms with Crippen molar-refractivity contribution >= 4 is 21.6 Å². The van der Waals surface area contributed by atoms with Crippen molar-refractivity contribution in [3.8, 4) is 0 Å². The van der Waals surface area contributed by atoms with E-state index in [2.05, 4.69) is 21.2 Å². The Bertz CT molecular complexity index is 281. The molecule has 74 valence electrons. The minimum absolute atomic E-state index is 0.135. The monoisotopic (exact) mass is 253 g/mol. The lowest BCUT2D eigenvalue weighted by atomic mass is 10.3. The van der Waals surface area contributed by atoms with Gasteiger partial charge in [0.15, 0.2) is 5.82 Å². The number of benzene rings is 1. The van der Waals surface area contributed by atoms with Crippen LogP contribution in [0.1, 0.15) is 0 Å². The number of halogens is 3. The topological polar surface area (TPSA) is 32.3 Å². The van der Waals surface area contributed by atoms with Crippen molar-refractivity contribution in [2.45, 2.75) is 0 Å². The molecule has 0 unspecified atom stereocenters. The molecule has 0 heterocycles. The van der Waals surface area contributed by atoms with Crippen molar-refractivity contribution < 1.29 is 13.9 Å². The van der Waals surface area contributed by atoms with Crippen LogP contribution in [0.4, 0.5) is 14.5 Å². The smallest absolute Gasteiger partial charge is 0.163 e. The Balaban J connectivity index is 0.000000671. The zero-order valence-corrected chi connectivity index (χ0v) is 8.82. The molecule has 0 atom stereocenters. The van der Waals surface area contributed by atoms with E-state index in [1.165, 1.54) is 12.1 Å². The summed E-state index contributed by atoms with van der Waals surface area (Å²) in [5, 5.41) is 9.59. The van der Waals surface area contributed by atoms with E-state index < -0.39 is 11.6 Å². The average molecular weight is 254 g/mol. The van der Waals surface area contributed by atoms with E-state index in [1.54, 1.807) is 7.05 Å². The summed E-state index contributed by atoms with van der Waals surface area (Å²) < 4.78 is 25.4. The molecule has 1 rings (SSSR count). The average Bonchev–Trinajstić information content (AvgIpc) is 2.18. The van der Waals surface area contributed by atoms with Crippen molar-refractivity contribution in [3.05, 3.63) is 28.2 Å². The first-order valence-electron chi connectivity index (χ1n) is 3.42. The van der Waals surface area contributed by atoms with E-state index in [9.17, 15) is 8.78 Å². The van der Waals surface area contributed by atoms with Crippen molar-refractivity contribution in [2.75, 3.05) is 19.5 Å². The molecule has 0 bridgehead atoms. The zero-order chi connectivity index (χ0) is 10.4. The van der Waals surface area contributed by atoms with E-state index in [0.29, 0.717) is 0 Å². The third kappa shape index (κ3) is 2.93. The van der Waals surface area contributed by atoms with Gasteiger partial charge in [0.2, 0.25) is 0 Å². The summed E-state index contributed by atoms with van der Waals surface area (Å²) in [7, 11) is 2.57. The van der Waals surface area contributed by atoms with E-state index in [4.69, 9.17) is 5.11 Å². The summed E-state index contributed by atoms with van der Waals surface area (Å²) in [5.74, 6) is -1.20. The van der Waals surface area contributed by atoms with Gasteiger partial charge in [-0.2, -0.15) is 0 Å². The van der Waals surface area contributed by atoms with Crippen molar-refractivity contribution in [2.24, 2.45) is 0 Å². The number of aliphatic hydroxyl groups is 1. The van der Waals surface area contributed by atoms with Crippen molar-refractivity contribution in [3.63, 3.8) is 0 Å². The largest absolute Gasteiger partial charge is 0.400 e. The van der Waals surface area contributed by atoms with Crippen LogP contribution in [0.25, 0.3) is 0 Å². The van der Waals surface area contributed by atoms with Crippen LogP contribution in [0.2, 0.25) is 0 Å². The minimum atomic E-state index is -0.604. The molecule has 1 aromatic carbocycles. The zero-order valence-electron chi connectivity index (χ0n) is 7.24. The fraction of sp³-hybridized carbons (Fsp3) is 0.250. The molecule has 0 saturated carbocycles. The van der Waals surface area contributed by atoms with E-state index in [0.717, 1.165) is 7.11 Å². The Labute approximate surface area is 83.7 Å². The standard InChI is InChI=1S/C7H6BrF2N.CH4O/c1-11-5-3-2-4(9)6(8)7(5)10;1-2/h2-3,11H,1H3;2H,1H3. The Morgan fingerprint density at radius 1 is 1.31 bits per heavy atom. The first kappa shape index (κ1) is 12.3. The summed E-state index contributed by atoms with van der Waals surface area (Å²) in [5.41, 5.74) is 0.276. The van der Waals surface area contributed by atoms with Crippen LogP contribution in [0, 0.1) is 11.6 Å². The van der Waals surface area contributed by atoms with Gasteiger partial charge < -0.3 is 10.4 Å². The number of nitrogens with one attached hydrogen (secondary N) is 1. The highest BCUT2D eigenvalue weighted by Gasteiger charge is 2.08. The molecule has 0 amide bonds. The molecule has 0 aliphatic rings. The van der Waals surface area contributed by atoms with Gasteiger partial charge in [-0.05, 0) is 28.1 Å². The van der Waals surface area contributed by atoms with Crippen LogP contribution in [0.3, 0.4) is 0 Å². The number of hydrogen-bond acceptors (Lipinski definition) is 2. The van der Waals surface area contributed by atoms with Gasteiger partial charge >= 0.3 is 0 Å². The highest BCUT2D eigenvalue weighted by Crippen LogP contribution is 2.25. The molecule has 0 radical (unpaired) electrons. The van der Waals surface area contributed by atoms with E-state index in [1.807, 2.05) is 0 Å². The van der Waals surface area contributed by atoms with Gasteiger partial charge in [-0.25, -0.2) is 8.78 Å². The number of aliphatic hydroxyl groups excluding tert-OH is 1. The Hall–Kier alpha value is -0.680. The molecule has 0 aliphatic carbocycles. The summed E-state index contributed by atoms with van der Waals surface area (Å²) in [4.78, 5) is 0. The second-order valence-electron chi connectivity index (χ2n) is 1.97. The van der Waals surface area contributed by atoms with E-state index >= 15 is 0 Å². The number of rotatable bonds is 1. The Morgan fingerprint density at radius 2 is 1.85 bits per heavy atom. The summed E-state index contributed by atoms with van der Waals surface area (Å²) in [6.45, 7) is 0. The van der Waals surface area contributed by atoms with Crippen LogP contribution < -0.4 is 5.32 Å². The lowest BCUT2D eigenvalue weighted by Crippen LogP contribution is -1.94. The van der Waals surface area contributed by atoms with Crippen LogP contribution >= 0.6 is 15.9 Å². The first-order valence-corrected chi connectivity index (χ1v) is 4.22. The van der Waals surface area contributed by atoms with Crippen molar-refractivity contribution in [1.29, 1.82) is 0 Å². The van der Waals surface area contributed by atoms with Gasteiger partial charge in [0.1, 0.15) is 5.82 Å². The molecule has 0 fully saturated rings. The van der Waals surface area contributed by atoms with Crippen molar-refractivity contribution in [1.82, 2.24) is 0 Å². The molecule has 1 aromatic rings. The molecule has 0 spiro atoms. The Kier molecular flexibility index (Phi) is 5.57. The van der Waals surface area contributed by atoms with Gasteiger partial charge in [-0.1, -0.05) is 0 Å². The molecule has 0 aliphatic heterocycles. The second kappa shape index (κ2) is 5.88. The van der Waals surface area contributed by atoms with Crippen LogP contribution in [-0.4, -0.2) is 19.3 Å². The second-order valence-corrected chi connectivity index (χ2v) is 2.77. The normalized spacial score (nSPS) is 8.77. The fourth-order valence-corrected chi connectivity index (χ4v) is 1.06. The van der Waals surface area contributed by atoms with Gasteiger partial charge in [0, 0.05) is 14.2 Å². The maximum Gasteiger partial charge on any atom is 0.163 e. The van der Waals surface area contributed by atoms with Crippen LogP contribution in [0.15, 0.2) is 16.6 Å². The first-order chi connectivity index (χ1) is 6.16. The lowest BCUT2D eigenvalue weighted by Gasteiger charge is -2.03. The van der Waals surface area contributed by atoms with Crippen LogP contribution in [-0.2, 0) is 0 Å². The molecular formula is C8H10BrF2NO. The molecule has 2 N–H and O–H groups in total. The fourth-order valence-electron chi connectivity index (χ4n) is 0.719. The SMILES string of the molecule is CNc1ccc(F)c(Br)c1F.CO. The Morgan fingerprint density at radius 3 is 2.31 bits per heavy atom. The van der Waals surface area contributed by atoms with Gasteiger partial charge in [0.25, 0.3) is 0 Å². The molecule has 0 saturated heterocycles. The summed E-state index contributed by atoms with van der Waals surface area (Å²) in [6.07, 6.45) is 0. The van der Waals surface area contributed by atoms with E-state index in [-0.39, 0.29) is 10.2 Å². The lowest BCUT2D eigenvalue weighted by molar-refractivity contribution is 0.399. The van der Waals surface area contributed by atoms with Gasteiger partial charge in [-0.15, -0.1) is 0 Å². The summed E-state index contributed by atoms with van der Waals surface area (Å²) >= 11 is 2.78. The maximum absolute atomic E-state index is 12.9. The quantitative estimate of drug-likeness (QED) is 0.754. The van der Waals surface area contributed by atoms with Gasteiger partial charge in [0.05, 0.1) is 10.2 Å². The molecular weight excluding hydrogens is 244 g/mol.